The number of hydrogen-bond donors (Lipinski definition) is 1. The number of nitrogens with two attached hydrogens (primary N) is 1. The van der Waals surface area contributed by atoms with Gasteiger partial charge in [0.2, 0.25) is 0 Å². The first-order valence-corrected chi connectivity index (χ1v) is 2.62. The van der Waals surface area contributed by atoms with Crippen LogP contribution in [0.2, 0.25) is 0 Å². The van der Waals surface area contributed by atoms with Crippen molar-refractivity contribution in [2.75, 3.05) is 6.54 Å². The third-order valence-electron chi connectivity index (χ3n) is 0. The second kappa shape index (κ2) is 15.7. The second-order valence-electron chi connectivity index (χ2n) is 0.612. The first-order valence-electron chi connectivity index (χ1n) is 1.62. The van der Waals surface area contributed by atoms with E-state index in [1.54, 1.807) is 0 Å². The Balaban J connectivity index is -0.0000000575. The van der Waals surface area contributed by atoms with E-state index in [2.05, 4.69) is 0 Å². The van der Waals surface area contributed by atoms with E-state index in [0.717, 1.165) is 6.54 Å². The molecule has 4 nitrogen and oxygen atoms in total. The van der Waals surface area contributed by atoms with Crippen molar-refractivity contribution < 1.29 is 42.9 Å². The molecule has 0 radical (unpaired) electrons. The van der Waals surface area contributed by atoms with Crippen molar-refractivity contribution in [2.24, 2.45) is 5.73 Å². The zero-order valence-electron chi connectivity index (χ0n) is 4.92. The van der Waals surface area contributed by atoms with E-state index in [4.69, 9.17) is 19.0 Å². The molecule has 6 heteroatoms. The van der Waals surface area contributed by atoms with Crippen LogP contribution in [0.15, 0.2) is 0 Å². The number of rotatable bonds is 0. The molecule has 0 fully saturated rings. The Morgan fingerprint density at radius 3 is 1.62 bits per heavy atom. The molecule has 0 saturated carbocycles. The molecule has 0 aliphatic heterocycles. The van der Waals surface area contributed by atoms with Crippen LogP contribution in [0.25, 0.3) is 0 Å². The van der Waals surface area contributed by atoms with Crippen molar-refractivity contribution in [1.29, 1.82) is 0 Å². The molecule has 0 spiro atoms. The fraction of sp³-hybridized carbons (Fsp3) is 1.00. The van der Waals surface area contributed by atoms with Crippen molar-refractivity contribution in [3.8, 4) is 0 Å². The van der Waals surface area contributed by atoms with Gasteiger partial charge in [-0.3, -0.25) is 4.21 Å². The Kier molecular flexibility index (Phi) is 31.4. The van der Waals surface area contributed by atoms with E-state index in [-0.39, 0.29) is 29.6 Å². The third kappa shape index (κ3) is 241. The van der Waals surface area contributed by atoms with Gasteiger partial charge in [-0.15, -0.1) is 11.4 Å². The van der Waals surface area contributed by atoms with Gasteiger partial charge in [0.15, 0.2) is 0 Å². The maximum absolute atomic E-state index is 8.44. The molecule has 46 valence electrons. The van der Waals surface area contributed by atoms with E-state index in [1.807, 2.05) is 6.92 Å². The summed E-state index contributed by atoms with van der Waals surface area (Å²) in [5.74, 6) is 0. The van der Waals surface area contributed by atoms with Gasteiger partial charge in [-0.2, -0.15) is 0 Å². The van der Waals surface area contributed by atoms with Gasteiger partial charge < -0.3 is 14.8 Å². The van der Waals surface area contributed by atoms with Crippen LogP contribution in [0.5, 0.6) is 0 Å². The zero-order valence-corrected chi connectivity index (χ0v) is 7.73. The van der Waals surface area contributed by atoms with E-state index in [1.165, 1.54) is 0 Å². The fourth-order valence-electron chi connectivity index (χ4n) is 0. The second-order valence-corrected chi connectivity index (χ2v) is 1.02. The molecule has 0 amide bonds. The summed E-state index contributed by atoms with van der Waals surface area (Å²) in [5.41, 5.74) is 4.85. The summed E-state index contributed by atoms with van der Waals surface area (Å²) < 4.78 is 25.3. The molecular weight excluding hydrogens is 141 g/mol. The average molecular weight is 148 g/mol. The molecule has 0 aromatic carbocycles. The van der Waals surface area contributed by atoms with E-state index < -0.39 is 11.4 Å². The Morgan fingerprint density at radius 1 is 1.62 bits per heavy atom. The quantitative estimate of drug-likeness (QED) is 0.280. The first kappa shape index (κ1) is 16.0. The molecule has 0 heterocycles. The largest absolute Gasteiger partial charge is 1.00 e. The van der Waals surface area contributed by atoms with Gasteiger partial charge in [0.1, 0.15) is 0 Å². The molecule has 8 heavy (non-hydrogen) atoms. The first-order chi connectivity index (χ1) is 3.15. The molecule has 0 aliphatic rings. The Hall–Kier alpha value is 1.03. The van der Waals surface area contributed by atoms with Crippen LogP contribution in [-0.2, 0) is 11.4 Å². The van der Waals surface area contributed by atoms with Crippen molar-refractivity contribution in [2.45, 2.75) is 6.92 Å². The van der Waals surface area contributed by atoms with Gasteiger partial charge in [0.25, 0.3) is 0 Å². The van der Waals surface area contributed by atoms with Crippen LogP contribution < -0.4 is 35.3 Å². The summed E-state index contributed by atoms with van der Waals surface area (Å²) >= 11 is -3.11. The van der Waals surface area contributed by atoms with Crippen molar-refractivity contribution in [1.82, 2.24) is 0 Å². The molecule has 0 aromatic rings. The van der Waals surface area contributed by atoms with Crippen LogP contribution >= 0.6 is 0 Å². The van der Waals surface area contributed by atoms with E-state index >= 15 is 0 Å². The van der Waals surface area contributed by atoms with Crippen LogP contribution in [0.3, 0.4) is 0 Å². The minimum atomic E-state index is -3.11. The Morgan fingerprint density at radius 2 is 1.62 bits per heavy atom. The summed E-state index contributed by atoms with van der Waals surface area (Å²) in [6.45, 7) is 2.65. The molecule has 0 unspecified atom stereocenters. The van der Waals surface area contributed by atoms with Gasteiger partial charge in [-0.25, -0.2) is 0 Å². The van der Waals surface area contributed by atoms with Crippen LogP contribution in [0, 0.1) is 0 Å². The summed E-state index contributed by atoms with van der Waals surface area (Å²) in [6, 6.07) is 0. The minimum absolute atomic E-state index is 0. The molecule has 0 saturated heterocycles. The van der Waals surface area contributed by atoms with Gasteiger partial charge >= 0.3 is 29.6 Å². The molecule has 2 N–H and O–H groups in total. The standard InChI is InChI=1S/C2H7N.Na.H2O3S/c1-2-3;;1-4(2)3/h2-3H2,1H3;;(H2,1,2,3)/q;+1;/p-2. The maximum Gasteiger partial charge on any atom is 1.00 e. The van der Waals surface area contributed by atoms with Gasteiger partial charge in [0, 0.05) is 0 Å². The molecule has 0 atom stereocenters. The molecule has 0 aliphatic carbocycles. The summed E-state index contributed by atoms with van der Waals surface area (Å²) in [6.07, 6.45) is 0. The van der Waals surface area contributed by atoms with E-state index in [9.17, 15) is 0 Å². The van der Waals surface area contributed by atoms with Crippen molar-refractivity contribution in [3.05, 3.63) is 0 Å². The molecular formula is C2H7NNaO3S-. The van der Waals surface area contributed by atoms with Gasteiger partial charge in [-0.05, 0) is 6.54 Å². The maximum atomic E-state index is 8.44. The van der Waals surface area contributed by atoms with Crippen LogP contribution in [0.1, 0.15) is 6.92 Å². The summed E-state index contributed by atoms with van der Waals surface area (Å²) in [5, 5.41) is 0. The topological polar surface area (TPSA) is 89.2 Å². The fourth-order valence-corrected chi connectivity index (χ4v) is 0. The molecule has 0 rings (SSSR count). The van der Waals surface area contributed by atoms with Gasteiger partial charge in [0.05, 0.1) is 0 Å². The predicted octanol–water partition coefficient (Wildman–Crippen LogP) is -4.04. The Labute approximate surface area is 73.2 Å². The van der Waals surface area contributed by atoms with Crippen molar-refractivity contribution >= 4 is 11.4 Å². The number of hydrogen-bond acceptors (Lipinski definition) is 4. The zero-order chi connectivity index (χ0) is 6.28. The average Bonchev–Trinajstić information content (AvgIpc) is 1.33. The SMILES string of the molecule is CCN.O=S([O-])[O-].[Na+]. The van der Waals surface area contributed by atoms with Crippen molar-refractivity contribution in [3.63, 3.8) is 0 Å². The monoisotopic (exact) mass is 148 g/mol. The van der Waals surface area contributed by atoms with Crippen LogP contribution in [0.4, 0.5) is 0 Å². The van der Waals surface area contributed by atoms with Gasteiger partial charge in [-0.1, -0.05) is 6.92 Å². The smallest absolute Gasteiger partial charge is 0.784 e. The molecule has 0 bridgehead atoms. The predicted molar refractivity (Wildman–Crippen MR) is 24.4 cm³/mol. The van der Waals surface area contributed by atoms with Crippen LogP contribution in [-0.4, -0.2) is 19.9 Å². The normalized spacial score (nSPS) is 6.62. The summed E-state index contributed by atoms with van der Waals surface area (Å²) in [4.78, 5) is 0. The third-order valence-corrected chi connectivity index (χ3v) is 0. The summed E-state index contributed by atoms with van der Waals surface area (Å²) in [7, 11) is 0. The van der Waals surface area contributed by atoms with E-state index in [0.29, 0.717) is 0 Å². The minimum Gasteiger partial charge on any atom is -0.784 e. The molecule has 0 aromatic heterocycles. The Bertz CT molecular complexity index is 48.5.